The lowest BCUT2D eigenvalue weighted by Crippen LogP contribution is -2.26. The number of pyridine rings is 1. The van der Waals surface area contributed by atoms with Gasteiger partial charge in [0.2, 0.25) is 5.91 Å². The molecule has 162 valence electrons. The summed E-state index contributed by atoms with van der Waals surface area (Å²) >= 11 is 0. The van der Waals surface area contributed by atoms with Gasteiger partial charge in [-0.15, -0.1) is 0 Å². The number of carbonyl (C=O) groups excluding carboxylic acids is 2. The number of fused-ring (bicyclic) bond motifs is 1. The van der Waals surface area contributed by atoms with Crippen molar-refractivity contribution in [2.24, 2.45) is 5.73 Å². The molecule has 0 saturated heterocycles. The normalized spacial score (nSPS) is 11.0. The Hall–Kier alpha value is -4.00. The SMILES string of the molecule is Cc1cccc(-c2ccc(C(=O)NCCc3c(C)[nH]c4c(F)cccc34)cn2)c1C(N)=O. The van der Waals surface area contributed by atoms with Crippen LogP contribution in [0.15, 0.2) is 54.7 Å². The van der Waals surface area contributed by atoms with Gasteiger partial charge in [0, 0.05) is 29.4 Å². The van der Waals surface area contributed by atoms with Crippen LogP contribution in [0.4, 0.5) is 4.39 Å². The number of nitrogens with zero attached hydrogens (tertiary/aromatic N) is 1. The van der Waals surface area contributed by atoms with E-state index in [2.05, 4.69) is 15.3 Å². The van der Waals surface area contributed by atoms with Gasteiger partial charge in [0.05, 0.1) is 22.3 Å². The molecule has 0 spiro atoms. The minimum Gasteiger partial charge on any atom is -0.366 e. The molecule has 4 aromatic rings. The number of primary amides is 1. The maximum Gasteiger partial charge on any atom is 0.252 e. The molecule has 2 amide bonds. The molecule has 0 radical (unpaired) electrons. The van der Waals surface area contributed by atoms with E-state index in [9.17, 15) is 14.0 Å². The maximum atomic E-state index is 14.0. The molecule has 2 heterocycles. The second kappa shape index (κ2) is 8.63. The summed E-state index contributed by atoms with van der Waals surface area (Å²) in [5.74, 6) is -1.07. The minimum atomic E-state index is -0.519. The van der Waals surface area contributed by atoms with Gasteiger partial charge in [-0.1, -0.05) is 30.3 Å². The number of rotatable bonds is 6. The van der Waals surface area contributed by atoms with E-state index in [1.807, 2.05) is 32.0 Å². The number of halogens is 1. The molecule has 4 rings (SSSR count). The van der Waals surface area contributed by atoms with E-state index in [0.717, 1.165) is 22.2 Å². The predicted molar refractivity (Wildman–Crippen MR) is 122 cm³/mol. The first-order chi connectivity index (χ1) is 15.4. The number of hydrogen-bond acceptors (Lipinski definition) is 3. The highest BCUT2D eigenvalue weighted by atomic mass is 19.1. The second-order valence-electron chi connectivity index (χ2n) is 7.69. The fraction of sp³-hybridized carbons (Fsp3) is 0.160. The smallest absolute Gasteiger partial charge is 0.252 e. The number of nitrogens with one attached hydrogen (secondary N) is 2. The number of benzene rings is 2. The molecule has 0 bridgehead atoms. The molecule has 0 unspecified atom stereocenters. The van der Waals surface area contributed by atoms with E-state index in [1.54, 1.807) is 24.3 Å². The third-order valence-electron chi connectivity index (χ3n) is 5.59. The molecular formula is C25H23FN4O2. The minimum absolute atomic E-state index is 0.257. The molecule has 2 aromatic carbocycles. The standard InChI is InChI=1S/C25H23FN4O2/c1-14-5-3-7-19(22(14)24(27)31)21-10-9-16(13-29-21)25(32)28-12-11-17-15(2)30-23-18(17)6-4-8-20(23)26/h3-10,13,30H,11-12H2,1-2H3,(H2,27,31)(H,28,32). The van der Waals surface area contributed by atoms with Crippen LogP contribution in [-0.4, -0.2) is 28.3 Å². The topological polar surface area (TPSA) is 101 Å². The Morgan fingerprint density at radius 2 is 1.88 bits per heavy atom. The lowest BCUT2D eigenvalue weighted by Gasteiger charge is -2.10. The first-order valence-corrected chi connectivity index (χ1v) is 10.3. The molecule has 4 N–H and O–H groups in total. The Bertz CT molecular complexity index is 1330. The number of aromatic amines is 1. The van der Waals surface area contributed by atoms with Crippen molar-refractivity contribution in [1.82, 2.24) is 15.3 Å². The van der Waals surface area contributed by atoms with Crippen LogP contribution in [0, 0.1) is 19.7 Å². The van der Waals surface area contributed by atoms with E-state index < -0.39 is 5.91 Å². The Morgan fingerprint density at radius 1 is 1.09 bits per heavy atom. The van der Waals surface area contributed by atoms with Crippen LogP contribution < -0.4 is 11.1 Å². The van der Waals surface area contributed by atoms with E-state index in [4.69, 9.17) is 5.73 Å². The maximum absolute atomic E-state index is 14.0. The zero-order valence-corrected chi connectivity index (χ0v) is 17.8. The van der Waals surface area contributed by atoms with Gasteiger partial charge in [-0.05, 0) is 49.6 Å². The van der Waals surface area contributed by atoms with Crippen LogP contribution in [0.5, 0.6) is 0 Å². The summed E-state index contributed by atoms with van der Waals surface area (Å²) in [5, 5.41) is 3.71. The van der Waals surface area contributed by atoms with Gasteiger partial charge in [0.25, 0.3) is 5.91 Å². The van der Waals surface area contributed by atoms with Gasteiger partial charge in [0.1, 0.15) is 5.82 Å². The summed E-state index contributed by atoms with van der Waals surface area (Å²) in [6.45, 7) is 4.11. The largest absolute Gasteiger partial charge is 0.366 e. The average molecular weight is 430 g/mol. The third-order valence-corrected chi connectivity index (χ3v) is 5.59. The van der Waals surface area contributed by atoms with Gasteiger partial charge in [-0.2, -0.15) is 0 Å². The first kappa shape index (κ1) is 21.2. The van der Waals surface area contributed by atoms with Crippen molar-refractivity contribution in [3.8, 4) is 11.3 Å². The van der Waals surface area contributed by atoms with Crippen LogP contribution in [0.1, 0.15) is 37.5 Å². The van der Waals surface area contributed by atoms with Gasteiger partial charge < -0.3 is 16.0 Å². The molecule has 2 aromatic heterocycles. The van der Waals surface area contributed by atoms with Crippen molar-refractivity contribution in [3.05, 3.63) is 88.5 Å². The number of para-hydroxylation sites is 1. The quantitative estimate of drug-likeness (QED) is 0.430. The molecule has 0 aliphatic heterocycles. The molecule has 0 aliphatic rings. The van der Waals surface area contributed by atoms with Crippen LogP contribution >= 0.6 is 0 Å². The van der Waals surface area contributed by atoms with Crippen molar-refractivity contribution in [1.29, 1.82) is 0 Å². The van der Waals surface area contributed by atoms with Crippen molar-refractivity contribution >= 4 is 22.7 Å². The molecule has 0 aliphatic carbocycles. The summed E-state index contributed by atoms with van der Waals surface area (Å²) in [7, 11) is 0. The number of carbonyl (C=O) groups is 2. The van der Waals surface area contributed by atoms with Gasteiger partial charge in [-0.3, -0.25) is 14.6 Å². The number of amides is 2. The number of hydrogen-bond donors (Lipinski definition) is 3. The summed E-state index contributed by atoms with van der Waals surface area (Å²) in [6.07, 6.45) is 2.04. The van der Waals surface area contributed by atoms with E-state index in [0.29, 0.717) is 40.9 Å². The Labute approximate surface area is 184 Å². The van der Waals surface area contributed by atoms with Crippen molar-refractivity contribution in [2.45, 2.75) is 20.3 Å². The zero-order chi connectivity index (χ0) is 22.8. The van der Waals surface area contributed by atoms with E-state index >= 15 is 0 Å². The van der Waals surface area contributed by atoms with Crippen molar-refractivity contribution in [2.75, 3.05) is 6.54 Å². The second-order valence-corrected chi connectivity index (χ2v) is 7.69. The van der Waals surface area contributed by atoms with Crippen LogP contribution in [0.25, 0.3) is 22.2 Å². The van der Waals surface area contributed by atoms with Crippen molar-refractivity contribution < 1.29 is 14.0 Å². The third kappa shape index (κ3) is 3.97. The zero-order valence-electron chi connectivity index (χ0n) is 17.8. The van der Waals surface area contributed by atoms with Gasteiger partial charge in [0.15, 0.2) is 0 Å². The first-order valence-electron chi connectivity index (χ1n) is 10.3. The molecule has 32 heavy (non-hydrogen) atoms. The van der Waals surface area contributed by atoms with Gasteiger partial charge in [-0.25, -0.2) is 4.39 Å². The lowest BCUT2D eigenvalue weighted by atomic mass is 9.98. The fourth-order valence-corrected chi connectivity index (χ4v) is 3.99. The van der Waals surface area contributed by atoms with Crippen LogP contribution in [0.3, 0.4) is 0 Å². The molecule has 6 nitrogen and oxygen atoms in total. The molecular weight excluding hydrogens is 407 g/mol. The van der Waals surface area contributed by atoms with E-state index in [-0.39, 0.29) is 11.7 Å². The molecule has 0 saturated carbocycles. The number of aromatic nitrogens is 2. The predicted octanol–water partition coefficient (Wildman–Crippen LogP) is 4.06. The number of nitrogens with two attached hydrogens (primary N) is 1. The van der Waals surface area contributed by atoms with Crippen LogP contribution in [-0.2, 0) is 6.42 Å². The van der Waals surface area contributed by atoms with Crippen LogP contribution in [0.2, 0.25) is 0 Å². The summed E-state index contributed by atoms with van der Waals surface area (Å²) < 4.78 is 14.0. The molecule has 0 atom stereocenters. The molecule has 7 heteroatoms. The van der Waals surface area contributed by atoms with Gasteiger partial charge >= 0.3 is 0 Å². The Balaban J connectivity index is 1.46. The van der Waals surface area contributed by atoms with Crippen molar-refractivity contribution in [3.63, 3.8) is 0 Å². The monoisotopic (exact) mass is 430 g/mol. The average Bonchev–Trinajstić information content (AvgIpc) is 3.10. The Kier molecular flexibility index (Phi) is 5.73. The highest BCUT2D eigenvalue weighted by Gasteiger charge is 2.15. The number of H-pyrrole nitrogens is 1. The molecule has 0 fully saturated rings. The van der Waals surface area contributed by atoms with E-state index in [1.165, 1.54) is 12.3 Å². The summed E-state index contributed by atoms with van der Waals surface area (Å²) in [4.78, 5) is 31.8. The number of aryl methyl sites for hydroxylation is 2. The highest BCUT2D eigenvalue weighted by Crippen LogP contribution is 2.25. The summed E-state index contributed by atoms with van der Waals surface area (Å²) in [6, 6.07) is 13.8. The summed E-state index contributed by atoms with van der Waals surface area (Å²) in [5.41, 5.74) is 10.7. The fourth-order valence-electron chi connectivity index (χ4n) is 3.99. The Morgan fingerprint density at radius 3 is 2.59 bits per heavy atom. The lowest BCUT2D eigenvalue weighted by molar-refractivity contribution is 0.0952. The highest BCUT2D eigenvalue weighted by molar-refractivity contribution is 6.01.